The van der Waals surface area contributed by atoms with Gasteiger partial charge in [0, 0.05) is 10.4 Å². The van der Waals surface area contributed by atoms with Crippen LogP contribution < -0.4 is 0 Å². The van der Waals surface area contributed by atoms with Crippen molar-refractivity contribution in [2.24, 2.45) is 0 Å². The predicted molar refractivity (Wildman–Crippen MR) is 76.2 cm³/mol. The molecule has 7 heteroatoms. The predicted octanol–water partition coefficient (Wildman–Crippen LogP) is 6.35. The van der Waals surface area contributed by atoms with Crippen molar-refractivity contribution in [3.05, 3.63) is 56.0 Å². The molecule has 0 aliphatic carbocycles. The van der Waals surface area contributed by atoms with Gasteiger partial charge in [0.1, 0.15) is 5.82 Å². The summed E-state index contributed by atoms with van der Waals surface area (Å²) in [6, 6.07) is 4.97. The lowest BCUT2D eigenvalue weighted by molar-refractivity contribution is -0.140. The number of benzene rings is 1. The maximum atomic E-state index is 14.0. The number of halogens is 6. The molecule has 2 rings (SSSR count). The molecule has 0 fully saturated rings. The van der Waals surface area contributed by atoms with Gasteiger partial charge in [0.2, 0.25) is 0 Å². The van der Waals surface area contributed by atoms with E-state index >= 15 is 0 Å². The van der Waals surface area contributed by atoms with Gasteiger partial charge in [-0.2, -0.15) is 13.2 Å². The highest BCUT2D eigenvalue weighted by Crippen LogP contribution is 2.42. The monoisotopic (exact) mass is 386 g/mol. The summed E-state index contributed by atoms with van der Waals surface area (Å²) in [5.41, 5.74) is -0.514. The Balaban J connectivity index is 2.48. The lowest BCUT2D eigenvalue weighted by atomic mass is 10.1. The Morgan fingerprint density at radius 2 is 1.95 bits per heavy atom. The molecule has 1 atom stereocenters. The summed E-state index contributed by atoms with van der Waals surface area (Å²) < 4.78 is 52.6. The second-order valence-electron chi connectivity index (χ2n) is 4.17. The third kappa shape index (κ3) is 3.02. The molecule has 1 aromatic heterocycles. The molecular weight excluding hydrogens is 380 g/mol. The Morgan fingerprint density at radius 1 is 1.30 bits per heavy atom. The molecule has 0 spiro atoms. The fraction of sp³-hybridized carbons (Fsp3) is 0.231. The van der Waals surface area contributed by atoms with Crippen molar-refractivity contribution in [3.8, 4) is 0 Å². The first kappa shape index (κ1) is 15.8. The van der Waals surface area contributed by atoms with Crippen molar-refractivity contribution >= 4 is 38.9 Å². The molecule has 0 N–H and O–H groups in total. The van der Waals surface area contributed by atoms with Crippen LogP contribution in [0.1, 0.15) is 26.4 Å². The van der Waals surface area contributed by atoms with E-state index in [4.69, 9.17) is 11.6 Å². The molecule has 108 valence electrons. The van der Waals surface area contributed by atoms with Crippen LogP contribution in [0, 0.1) is 12.7 Å². The zero-order chi connectivity index (χ0) is 15.1. The molecule has 20 heavy (non-hydrogen) atoms. The first-order valence-corrected chi connectivity index (χ1v) is 7.58. The molecule has 0 saturated carbocycles. The highest BCUT2D eigenvalue weighted by Gasteiger charge is 2.35. The van der Waals surface area contributed by atoms with Crippen LogP contribution in [0.3, 0.4) is 0 Å². The van der Waals surface area contributed by atoms with E-state index in [-0.39, 0.29) is 5.56 Å². The van der Waals surface area contributed by atoms with E-state index in [1.165, 1.54) is 23.5 Å². The van der Waals surface area contributed by atoms with Crippen LogP contribution in [-0.4, -0.2) is 0 Å². The molecule has 1 heterocycles. The normalized spacial score (nSPS) is 13.6. The molecule has 0 amide bonds. The summed E-state index contributed by atoms with van der Waals surface area (Å²) >= 11 is 10.4. The SMILES string of the molecule is Cc1cc(C(Br)c2cccc(C(F)(F)F)c2F)sc1Cl. The quantitative estimate of drug-likeness (QED) is 0.416. The summed E-state index contributed by atoms with van der Waals surface area (Å²) in [5.74, 6) is -1.26. The highest BCUT2D eigenvalue weighted by molar-refractivity contribution is 9.09. The van der Waals surface area contributed by atoms with E-state index < -0.39 is 22.4 Å². The van der Waals surface area contributed by atoms with Crippen molar-refractivity contribution < 1.29 is 17.6 Å². The van der Waals surface area contributed by atoms with Gasteiger partial charge in [0.15, 0.2) is 0 Å². The molecule has 0 radical (unpaired) electrons. The van der Waals surface area contributed by atoms with E-state index in [9.17, 15) is 17.6 Å². The third-order valence-electron chi connectivity index (χ3n) is 2.73. The van der Waals surface area contributed by atoms with Gasteiger partial charge in [-0.25, -0.2) is 4.39 Å². The summed E-state index contributed by atoms with van der Waals surface area (Å²) in [4.78, 5) is -0.00766. The molecule has 1 unspecified atom stereocenters. The molecular formula is C13H8BrClF4S. The van der Waals surface area contributed by atoms with Gasteiger partial charge in [-0.15, -0.1) is 11.3 Å². The number of thiophene rings is 1. The second kappa shape index (κ2) is 5.66. The Hall–Kier alpha value is -0.590. The minimum absolute atomic E-state index is 0.0576. The maximum Gasteiger partial charge on any atom is 0.419 e. The largest absolute Gasteiger partial charge is 0.419 e. The van der Waals surface area contributed by atoms with Crippen molar-refractivity contribution in [2.75, 3.05) is 0 Å². The van der Waals surface area contributed by atoms with Gasteiger partial charge in [0.25, 0.3) is 0 Å². The summed E-state index contributed by atoms with van der Waals surface area (Å²) in [5, 5.41) is 0. The Kier molecular flexibility index (Phi) is 4.47. The van der Waals surface area contributed by atoms with Gasteiger partial charge in [-0.1, -0.05) is 39.7 Å². The number of hydrogen-bond acceptors (Lipinski definition) is 1. The van der Waals surface area contributed by atoms with Gasteiger partial charge >= 0.3 is 6.18 Å². The van der Waals surface area contributed by atoms with Crippen molar-refractivity contribution in [1.29, 1.82) is 0 Å². The third-order valence-corrected chi connectivity index (χ3v) is 5.64. The first-order valence-electron chi connectivity index (χ1n) is 5.47. The van der Waals surface area contributed by atoms with Crippen molar-refractivity contribution in [1.82, 2.24) is 0 Å². The van der Waals surface area contributed by atoms with Crippen molar-refractivity contribution in [3.63, 3.8) is 0 Å². The van der Waals surface area contributed by atoms with E-state index in [2.05, 4.69) is 15.9 Å². The second-order valence-corrected chi connectivity index (χ2v) is 6.78. The van der Waals surface area contributed by atoms with Gasteiger partial charge < -0.3 is 0 Å². The summed E-state index contributed by atoms with van der Waals surface area (Å²) in [6.07, 6.45) is -4.71. The summed E-state index contributed by atoms with van der Waals surface area (Å²) in [6.45, 7) is 1.78. The first-order chi connectivity index (χ1) is 9.21. The number of alkyl halides is 4. The molecule has 0 aliphatic heterocycles. The van der Waals surface area contributed by atoms with Gasteiger partial charge in [0.05, 0.1) is 14.7 Å². The maximum absolute atomic E-state index is 14.0. The summed E-state index contributed by atoms with van der Waals surface area (Å²) in [7, 11) is 0. The van der Waals surface area contributed by atoms with Crippen LogP contribution >= 0.6 is 38.9 Å². The van der Waals surface area contributed by atoms with Crippen LogP contribution in [0.4, 0.5) is 17.6 Å². The van der Waals surface area contributed by atoms with Crippen LogP contribution in [0.15, 0.2) is 24.3 Å². The van der Waals surface area contributed by atoms with E-state index in [1.807, 2.05) is 0 Å². The lowest BCUT2D eigenvalue weighted by Crippen LogP contribution is -2.10. The minimum atomic E-state index is -4.71. The Bertz CT molecular complexity index is 616. The Labute approximate surface area is 130 Å². The van der Waals surface area contributed by atoms with Crippen molar-refractivity contribution in [2.45, 2.75) is 17.9 Å². The highest BCUT2D eigenvalue weighted by atomic mass is 79.9. The van der Waals surface area contributed by atoms with E-state index in [0.29, 0.717) is 9.21 Å². The number of hydrogen-bond donors (Lipinski definition) is 0. The molecule has 2 aromatic rings. The molecule has 0 aliphatic rings. The topological polar surface area (TPSA) is 0 Å². The average molecular weight is 388 g/mol. The average Bonchev–Trinajstić information content (AvgIpc) is 2.67. The number of rotatable bonds is 2. The fourth-order valence-corrected chi connectivity index (χ4v) is 3.71. The van der Waals surface area contributed by atoms with E-state index in [1.54, 1.807) is 13.0 Å². The van der Waals surface area contributed by atoms with E-state index in [0.717, 1.165) is 11.6 Å². The van der Waals surface area contributed by atoms with Gasteiger partial charge in [-0.05, 0) is 24.6 Å². The lowest BCUT2D eigenvalue weighted by Gasteiger charge is -2.14. The van der Waals surface area contributed by atoms with Crippen LogP contribution in [0.2, 0.25) is 4.34 Å². The van der Waals surface area contributed by atoms with Crippen LogP contribution in [0.25, 0.3) is 0 Å². The zero-order valence-corrected chi connectivity index (χ0v) is 13.2. The fourth-order valence-electron chi connectivity index (χ4n) is 1.73. The molecule has 0 nitrogen and oxygen atoms in total. The zero-order valence-electron chi connectivity index (χ0n) is 10.1. The van der Waals surface area contributed by atoms with Gasteiger partial charge in [-0.3, -0.25) is 0 Å². The Morgan fingerprint density at radius 3 is 2.45 bits per heavy atom. The standard InChI is InChI=1S/C13H8BrClF4S/c1-6-5-9(20-12(6)15)10(14)7-3-2-4-8(11(7)16)13(17,18)19/h2-5,10H,1H3. The molecule has 0 saturated heterocycles. The smallest absolute Gasteiger partial charge is 0.206 e. The molecule has 0 bridgehead atoms. The van der Waals surface area contributed by atoms with Crippen LogP contribution in [-0.2, 0) is 6.18 Å². The minimum Gasteiger partial charge on any atom is -0.206 e. The number of aryl methyl sites for hydroxylation is 1. The molecule has 1 aromatic carbocycles. The van der Waals surface area contributed by atoms with Crippen LogP contribution in [0.5, 0.6) is 0 Å².